The van der Waals surface area contributed by atoms with E-state index in [1.54, 1.807) is 6.92 Å². The van der Waals surface area contributed by atoms with Crippen LogP contribution in [-0.4, -0.2) is 53.1 Å². The molecule has 2 fully saturated rings. The topological polar surface area (TPSA) is 81.7 Å². The van der Waals surface area contributed by atoms with Crippen molar-refractivity contribution < 1.29 is 14.7 Å². The molecule has 6 nitrogen and oxygen atoms in total. The molecule has 0 saturated carbocycles. The second-order valence-corrected chi connectivity index (χ2v) is 7.63. The van der Waals surface area contributed by atoms with Gasteiger partial charge >= 0.3 is 0 Å². The highest BCUT2D eigenvalue weighted by Gasteiger charge is 2.47. The Balaban J connectivity index is 1.44. The molecule has 0 aliphatic carbocycles. The van der Waals surface area contributed by atoms with E-state index in [1.165, 1.54) is 5.56 Å². The SMILES string of the molecule is C[C@@H](O)[C@H]1C(=O)N[C@@H]1[C@@H](C)C(=O)NC1CCN(Cc2ccccc2)CC1. The lowest BCUT2D eigenvalue weighted by atomic mass is 9.78. The number of carbonyl (C=O) groups is 2. The van der Waals surface area contributed by atoms with Crippen LogP contribution in [0.2, 0.25) is 0 Å². The van der Waals surface area contributed by atoms with Crippen LogP contribution in [0, 0.1) is 11.8 Å². The van der Waals surface area contributed by atoms with Gasteiger partial charge in [0.2, 0.25) is 11.8 Å². The van der Waals surface area contributed by atoms with Crippen LogP contribution in [0.25, 0.3) is 0 Å². The number of aliphatic hydroxyl groups excluding tert-OH is 1. The van der Waals surface area contributed by atoms with E-state index in [-0.39, 0.29) is 29.8 Å². The fourth-order valence-corrected chi connectivity index (χ4v) is 3.95. The number of likely N-dealkylation sites (tertiary alicyclic amines) is 1. The molecule has 0 unspecified atom stereocenters. The number of β-lactam (4-membered cyclic amide) rings is 1. The van der Waals surface area contributed by atoms with Crippen molar-refractivity contribution in [3.05, 3.63) is 35.9 Å². The Hall–Kier alpha value is -1.92. The lowest BCUT2D eigenvalue weighted by Gasteiger charge is -2.42. The van der Waals surface area contributed by atoms with Crippen molar-refractivity contribution in [3.63, 3.8) is 0 Å². The largest absolute Gasteiger partial charge is 0.393 e. The monoisotopic (exact) mass is 359 g/mol. The summed E-state index contributed by atoms with van der Waals surface area (Å²) in [7, 11) is 0. The number of carbonyl (C=O) groups excluding carboxylic acids is 2. The molecule has 4 atom stereocenters. The highest BCUT2D eigenvalue weighted by atomic mass is 16.3. The van der Waals surface area contributed by atoms with Crippen LogP contribution in [-0.2, 0) is 16.1 Å². The van der Waals surface area contributed by atoms with Crippen LogP contribution in [0.15, 0.2) is 30.3 Å². The van der Waals surface area contributed by atoms with Crippen molar-refractivity contribution >= 4 is 11.8 Å². The third-order valence-corrected chi connectivity index (χ3v) is 5.65. The Bertz CT molecular complexity index is 626. The molecule has 3 rings (SSSR count). The quantitative estimate of drug-likeness (QED) is 0.659. The van der Waals surface area contributed by atoms with Crippen molar-refractivity contribution in [2.24, 2.45) is 11.8 Å². The van der Waals surface area contributed by atoms with Gasteiger partial charge in [-0.1, -0.05) is 37.3 Å². The molecule has 1 aromatic carbocycles. The Morgan fingerprint density at radius 1 is 1.27 bits per heavy atom. The third-order valence-electron chi connectivity index (χ3n) is 5.65. The molecule has 6 heteroatoms. The van der Waals surface area contributed by atoms with E-state index < -0.39 is 12.0 Å². The molecule has 3 N–H and O–H groups in total. The molecule has 0 spiro atoms. The number of hydrogen-bond donors (Lipinski definition) is 3. The van der Waals surface area contributed by atoms with Gasteiger partial charge in [0.05, 0.1) is 24.0 Å². The minimum Gasteiger partial charge on any atom is -0.393 e. The normalized spacial score (nSPS) is 26.5. The lowest BCUT2D eigenvalue weighted by molar-refractivity contribution is -0.145. The molecular weight excluding hydrogens is 330 g/mol. The van der Waals surface area contributed by atoms with E-state index in [0.717, 1.165) is 32.5 Å². The van der Waals surface area contributed by atoms with Gasteiger partial charge in [-0.3, -0.25) is 14.5 Å². The molecule has 0 radical (unpaired) electrons. The molecule has 0 aromatic heterocycles. The highest BCUT2D eigenvalue weighted by molar-refractivity contribution is 5.90. The number of amides is 2. The number of hydrogen-bond acceptors (Lipinski definition) is 4. The van der Waals surface area contributed by atoms with Gasteiger partial charge in [0.25, 0.3) is 0 Å². The Morgan fingerprint density at radius 2 is 1.92 bits per heavy atom. The van der Waals surface area contributed by atoms with E-state index in [2.05, 4.69) is 39.8 Å². The zero-order valence-electron chi connectivity index (χ0n) is 15.5. The number of piperidine rings is 1. The number of nitrogens with one attached hydrogen (secondary N) is 2. The summed E-state index contributed by atoms with van der Waals surface area (Å²) in [5, 5.41) is 15.6. The Morgan fingerprint density at radius 3 is 2.50 bits per heavy atom. The van der Waals surface area contributed by atoms with Crippen LogP contribution in [0.5, 0.6) is 0 Å². The maximum atomic E-state index is 12.5. The fraction of sp³-hybridized carbons (Fsp3) is 0.600. The summed E-state index contributed by atoms with van der Waals surface area (Å²) >= 11 is 0. The molecule has 0 bridgehead atoms. The van der Waals surface area contributed by atoms with E-state index >= 15 is 0 Å². The van der Waals surface area contributed by atoms with Crippen molar-refractivity contribution in [1.29, 1.82) is 0 Å². The first-order valence-corrected chi connectivity index (χ1v) is 9.51. The third kappa shape index (κ3) is 4.24. The first-order chi connectivity index (χ1) is 12.5. The van der Waals surface area contributed by atoms with Gasteiger partial charge in [0.1, 0.15) is 0 Å². The number of benzene rings is 1. The van der Waals surface area contributed by atoms with Gasteiger partial charge in [-0.2, -0.15) is 0 Å². The fourth-order valence-electron chi connectivity index (χ4n) is 3.95. The molecule has 2 amide bonds. The summed E-state index contributed by atoms with van der Waals surface area (Å²) in [6, 6.07) is 10.3. The van der Waals surface area contributed by atoms with E-state index in [9.17, 15) is 14.7 Å². The minimum absolute atomic E-state index is 0.0397. The maximum Gasteiger partial charge on any atom is 0.228 e. The maximum absolute atomic E-state index is 12.5. The first kappa shape index (κ1) is 18.9. The standard InChI is InChI=1S/C20H29N3O3/c1-13(18-17(14(2)24)20(26)22-18)19(25)21-16-8-10-23(11-9-16)12-15-6-4-3-5-7-15/h3-7,13-14,16-18,24H,8-12H2,1-2H3,(H,21,25)(H,22,26)/t13-,14-,17-,18-/m1/s1. The van der Waals surface area contributed by atoms with E-state index in [4.69, 9.17) is 0 Å². The van der Waals surface area contributed by atoms with Gasteiger partial charge in [-0.05, 0) is 25.3 Å². The van der Waals surface area contributed by atoms with Crippen LogP contribution in [0.1, 0.15) is 32.3 Å². The van der Waals surface area contributed by atoms with Gasteiger partial charge < -0.3 is 15.7 Å². The average Bonchev–Trinajstić information content (AvgIpc) is 2.61. The smallest absolute Gasteiger partial charge is 0.228 e. The predicted molar refractivity (Wildman–Crippen MR) is 99.1 cm³/mol. The molecule has 2 saturated heterocycles. The summed E-state index contributed by atoms with van der Waals surface area (Å²) in [6.45, 7) is 6.29. The molecule has 1 aromatic rings. The summed E-state index contributed by atoms with van der Waals surface area (Å²) < 4.78 is 0. The zero-order chi connectivity index (χ0) is 18.7. The predicted octanol–water partition coefficient (Wildman–Crippen LogP) is 0.899. The van der Waals surface area contributed by atoms with Crippen LogP contribution < -0.4 is 10.6 Å². The van der Waals surface area contributed by atoms with Crippen molar-refractivity contribution in [1.82, 2.24) is 15.5 Å². The zero-order valence-corrected chi connectivity index (χ0v) is 15.5. The Labute approximate surface area is 155 Å². The molecular formula is C20H29N3O3. The van der Waals surface area contributed by atoms with Crippen molar-refractivity contribution in [3.8, 4) is 0 Å². The highest BCUT2D eigenvalue weighted by Crippen LogP contribution is 2.26. The van der Waals surface area contributed by atoms with Crippen molar-refractivity contribution in [2.75, 3.05) is 13.1 Å². The number of nitrogens with zero attached hydrogens (tertiary/aromatic N) is 1. The van der Waals surface area contributed by atoms with Crippen molar-refractivity contribution in [2.45, 2.75) is 51.4 Å². The first-order valence-electron chi connectivity index (χ1n) is 9.51. The van der Waals surface area contributed by atoms with Crippen LogP contribution >= 0.6 is 0 Å². The summed E-state index contributed by atoms with van der Waals surface area (Å²) in [6.07, 6.45) is 1.13. The van der Waals surface area contributed by atoms with Gasteiger partial charge in [0.15, 0.2) is 0 Å². The van der Waals surface area contributed by atoms with E-state index in [1.807, 2.05) is 13.0 Å². The minimum atomic E-state index is -0.731. The van der Waals surface area contributed by atoms with E-state index in [0.29, 0.717) is 0 Å². The summed E-state index contributed by atoms with van der Waals surface area (Å²) in [5.74, 6) is -1.03. The summed E-state index contributed by atoms with van der Waals surface area (Å²) in [5.41, 5.74) is 1.31. The lowest BCUT2D eigenvalue weighted by Crippen LogP contribution is -2.66. The second-order valence-electron chi connectivity index (χ2n) is 7.63. The molecule has 2 aliphatic rings. The molecule has 142 valence electrons. The molecule has 2 heterocycles. The van der Waals surface area contributed by atoms with Gasteiger partial charge in [-0.25, -0.2) is 0 Å². The van der Waals surface area contributed by atoms with Crippen LogP contribution in [0.3, 0.4) is 0 Å². The second kappa shape index (κ2) is 8.18. The van der Waals surface area contributed by atoms with Gasteiger partial charge in [0, 0.05) is 25.7 Å². The molecule has 2 aliphatic heterocycles. The number of rotatable bonds is 6. The average molecular weight is 359 g/mol. The number of aliphatic hydroxyl groups is 1. The molecule has 26 heavy (non-hydrogen) atoms. The Kier molecular flexibility index (Phi) is 5.94. The van der Waals surface area contributed by atoms with Crippen LogP contribution in [0.4, 0.5) is 0 Å². The summed E-state index contributed by atoms with van der Waals surface area (Å²) in [4.78, 5) is 26.5. The van der Waals surface area contributed by atoms with Gasteiger partial charge in [-0.15, -0.1) is 0 Å².